The van der Waals surface area contributed by atoms with Crippen LogP contribution in [0.15, 0.2) is 53.3 Å². The second-order valence-electron chi connectivity index (χ2n) is 7.97. The molecular weight excluding hydrogens is 427 g/mol. The van der Waals surface area contributed by atoms with E-state index in [1.807, 2.05) is 11.6 Å². The van der Waals surface area contributed by atoms with Crippen molar-refractivity contribution in [3.05, 3.63) is 60.6 Å². The highest BCUT2D eigenvalue weighted by molar-refractivity contribution is 6.04. The largest absolute Gasteiger partial charge is 0.451 e. The summed E-state index contributed by atoms with van der Waals surface area (Å²) in [6, 6.07) is 7.96. The van der Waals surface area contributed by atoms with E-state index in [0.29, 0.717) is 35.4 Å². The Morgan fingerprint density at radius 2 is 2.21 bits per heavy atom. The summed E-state index contributed by atoms with van der Waals surface area (Å²) in [5, 5.41) is 14.1. The molecule has 1 aliphatic rings. The first-order chi connectivity index (χ1) is 16.1. The number of halogens is 1. The summed E-state index contributed by atoms with van der Waals surface area (Å²) < 4.78 is 26.8. The maximum atomic E-state index is 13.8. The summed E-state index contributed by atoms with van der Waals surface area (Å²) in [6.07, 6.45) is 6.90. The third-order valence-corrected chi connectivity index (χ3v) is 5.69. The van der Waals surface area contributed by atoms with Crippen molar-refractivity contribution in [2.24, 2.45) is 5.92 Å². The lowest BCUT2D eigenvalue weighted by atomic mass is 9.81. The fourth-order valence-corrected chi connectivity index (χ4v) is 3.92. The Bertz CT molecular complexity index is 1240. The van der Waals surface area contributed by atoms with Crippen LogP contribution < -0.4 is 5.32 Å². The molecule has 0 radical (unpaired) electrons. The highest BCUT2D eigenvalue weighted by Crippen LogP contribution is 2.39. The third-order valence-electron chi connectivity index (χ3n) is 5.69. The standard InChI is InChI=1S/C23H23FN6O3/c1-2-32-13-14-8-16(9-14)30-12-18(22(29-30)17-4-3-5-21(24)27-17)28-23(31)20-7-6-19(33-20)15-10-25-26-11-15/h3-7,10-12,14,16H,2,8-9,13H2,1H3,(H,25,26)(H,28,31). The van der Waals surface area contributed by atoms with Crippen molar-refractivity contribution in [1.82, 2.24) is 25.0 Å². The van der Waals surface area contributed by atoms with Crippen LogP contribution in [0.25, 0.3) is 22.7 Å². The number of rotatable bonds is 8. The highest BCUT2D eigenvalue weighted by Gasteiger charge is 2.32. The van der Waals surface area contributed by atoms with E-state index in [9.17, 15) is 9.18 Å². The van der Waals surface area contributed by atoms with E-state index >= 15 is 0 Å². The number of nitrogens with one attached hydrogen (secondary N) is 2. The minimum Gasteiger partial charge on any atom is -0.451 e. The molecule has 1 aliphatic carbocycles. The van der Waals surface area contributed by atoms with Gasteiger partial charge in [0, 0.05) is 25.6 Å². The predicted octanol–water partition coefficient (Wildman–Crippen LogP) is 4.31. The molecule has 0 atom stereocenters. The van der Waals surface area contributed by atoms with Gasteiger partial charge in [0.2, 0.25) is 5.95 Å². The van der Waals surface area contributed by atoms with Gasteiger partial charge in [-0.25, -0.2) is 4.98 Å². The topological polar surface area (TPSA) is 111 Å². The van der Waals surface area contributed by atoms with E-state index in [-0.39, 0.29) is 11.8 Å². The lowest BCUT2D eigenvalue weighted by molar-refractivity contribution is 0.0500. The van der Waals surface area contributed by atoms with Crippen LogP contribution in [0.2, 0.25) is 0 Å². The van der Waals surface area contributed by atoms with Gasteiger partial charge in [-0.3, -0.25) is 14.6 Å². The average molecular weight is 450 g/mol. The van der Waals surface area contributed by atoms with E-state index in [1.165, 1.54) is 6.07 Å². The molecule has 1 fully saturated rings. The lowest BCUT2D eigenvalue weighted by Crippen LogP contribution is -2.30. The van der Waals surface area contributed by atoms with Gasteiger partial charge in [0.1, 0.15) is 11.5 Å². The summed E-state index contributed by atoms with van der Waals surface area (Å²) in [6.45, 7) is 3.41. The Morgan fingerprint density at radius 1 is 1.33 bits per heavy atom. The molecule has 4 aromatic heterocycles. The normalized spacial score (nSPS) is 17.6. The quantitative estimate of drug-likeness (QED) is 0.387. The van der Waals surface area contributed by atoms with E-state index in [4.69, 9.17) is 9.15 Å². The van der Waals surface area contributed by atoms with Gasteiger partial charge in [-0.2, -0.15) is 14.6 Å². The molecule has 10 heteroatoms. The molecular formula is C23H23FN6O3. The van der Waals surface area contributed by atoms with Crippen LogP contribution in [0.1, 0.15) is 36.4 Å². The van der Waals surface area contributed by atoms with Crippen LogP contribution in [-0.2, 0) is 4.74 Å². The Hall–Kier alpha value is -3.79. The summed E-state index contributed by atoms with van der Waals surface area (Å²) in [5.41, 5.74) is 1.91. The van der Waals surface area contributed by atoms with Gasteiger partial charge in [0.25, 0.3) is 5.91 Å². The van der Waals surface area contributed by atoms with Crippen molar-refractivity contribution < 1.29 is 18.3 Å². The van der Waals surface area contributed by atoms with Crippen molar-refractivity contribution in [2.75, 3.05) is 18.5 Å². The fourth-order valence-electron chi connectivity index (χ4n) is 3.92. The van der Waals surface area contributed by atoms with E-state index in [2.05, 4.69) is 25.6 Å². The van der Waals surface area contributed by atoms with Crippen molar-refractivity contribution in [1.29, 1.82) is 0 Å². The number of furan rings is 1. The van der Waals surface area contributed by atoms with E-state index in [1.54, 1.807) is 42.9 Å². The van der Waals surface area contributed by atoms with Gasteiger partial charge in [0.15, 0.2) is 5.76 Å². The smallest absolute Gasteiger partial charge is 0.291 e. The monoisotopic (exact) mass is 450 g/mol. The molecule has 9 nitrogen and oxygen atoms in total. The molecule has 33 heavy (non-hydrogen) atoms. The van der Waals surface area contributed by atoms with Crippen LogP contribution >= 0.6 is 0 Å². The summed E-state index contributed by atoms with van der Waals surface area (Å²) >= 11 is 0. The first-order valence-electron chi connectivity index (χ1n) is 10.8. The van der Waals surface area contributed by atoms with Crippen molar-refractivity contribution in [3.63, 3.8) is 0 Å². The molecule has 0 bridgehead atoms. The number of carbonyl (C=O) groups excluding carboxylic acids is 1. The fraction of sp³-hybridized carbons (Fsp3) is 0.304. The highest BCUT2D eigenvalue weighted by atomic mass is 19.1. The minimum absolute atomic E-state index is 0.137. The lowest BCUT2D eigenvalue weighted by Gasteiger charge is -2.35. The number of aromatic nitrogens is 5. The number of nitrogens with zero attached hydrogens (tertiary/aromatic N) is 4. The molecule has 0 saturated heterocycles. The number of carbonyl (C=O) groups is 1. The molecule has 0 unspecified atom stereocenters. The zero-order valence-corrected chi connectivity index (χ0v) is 18.0. The Morgan fingerprint density at radius 3 is 2.97 bits per heavy atom. The molecule has 4 aromatic rings. The van der Waals surface area contributed by atoms with Gasteiger partial charge < -0.3 is 14.5 Å². The van der Waals surface area contributed by atoms with Gasteiger partial charge in [-0.05, 0) is 49.9 Å². The van der Waals surface area contributed by atoms with Crippen LogP contribution in [0.3, 0.4) is 0 Å². The molecule has 5 rings (SSSR count). The maximum absolute atomic E-state index is 13.8. The Labute approximate surface area is 189 Å². The summed E-state index contributed by atoms with van der Waals surface area (Å²) in [5.74, 6) is 0.0849. The molecule has 0 aromatic carbocycles. The van der Waals surface area contributed by atoms with Crippen molar-refractivity contribution >= 4 is 11.6 Å². The molecule has 0 spiro atoms. The second kappa shape index (κ2) is 8.99. The predicted molar refractivity (Wildman–Crippen MR) is 118 cm³/mol. The number of pyridine rings is 1. The molecule has 2 N–H and O–H groups in total. The zero-order valence-electron chi connectivity index (χ0n) is 18.0. The van der Waals surface area contributed by atoms with Gasteiger partial charge in [-0.15, -0.1) is 0 Å². The number of H-pyrrole nitrogens is 1. The van der Waals surface area contributed by atoms with Crippen LogP contribution in [0, 0.1) is 11.9 Å². The maximum Gasteiger partial charge on any atom is 0.291 e. The zero-order chi connectivity index (χ0) is 22.8. The van der Waals surface area contributed by atoms with Gasteiger partial charge in [-0.1, -0.05) is 6.07 Å². The second-order valence-corrected chi connectivity index (χ2v) is 7.97. The first-order valence-corrected chi connectivity index (χ1v) is 10.8. The number of hydrogen-bond acceptors (Lipinski definition) is 6. The van der Waals surface area contributed by atoms with E-state index in [0.717, 1.165) is 25.0 Å². The minimum atomic E-state index is -0.615. The number of amides is 1. The summed E-state index contributed by atoms with van der Waals surface area (Å²) in [4.78, 5) is 16.9. The van der Waals surface area contributed by atoms with Crippen molar-refractivity contribution in [3.8, 4) is 22.7 Å². The Kier molecular flexibility index (Phi) is 5.74. The molecule has 1 saturated carbocycles. The van der Waals surface area contributed by atoms with Crippen LogP contribution in [0.4, 0.5) is 10.1 Å². The molecule has 170 valence electrons. The third kappa shape index (κ3) is 4.42. The Balaban J connectivity index is 1.38. The van der Waals surface area contributed by atoms with Gasteiger partial charge >= 0.3 is 0 Å². The summed E-state index contributed by atoms with van der Waals surface area (Å²) in [7, 11) is 0. The average Bonchev–Trinajstić information content (AvgIpc) is 3.53. The van der Waals surface area contributed by atoms with Crippen LogP contribution in [-0.4, -0.2) is 44.1 Å². The van der Waals surface area contributed by atoms with E-state index < -0.39 is 11.9 Å². The number of hydrogen-bond donors (Lipinski definition) is 2. The number of aromatic amines is 1. The van der Waals surface area contributed by atoms with Crippen molar-refractivity contribution in [2.45, 2.75) is 25.8 Å². The first kappa shape index (κ1) is 21.1. The van der Waals surface area contributed by atoms with Crippen LogP contribution in [0.5, 0.6) is 0 Å². The molecule has 4 heterocycles. The number of ether oxygens (including phenoxy) is 1. The molecule has 0 aliphatic heterocycles. The molecule has 1 amide bonds. The number of anilines is 1. The van der Waals surface area contributed by atoms with Gasteiger partial charge in [0.05, 0.1) is 29.2 Å². The SMILES string of the molecule is CCOCC1CC(n2cc(NC(=O)c3ccc(-c4cn[nH]c4)o3)c(-c3cccc(F)n3)n2)C1.